The van der Waals surface area contributed by atoms with Crippen LogP contribution >= 0.6 is 0 Å². The number of nitrogens with zero attached hydrogens (tertiary/aromatic N) is 2. The van der Waals surface area contributed by atoms with Crippen molar-refractivity contribution in [2.45, 2.75) is 37.9 Å². The van der Waals surface area contributed by atoms with E-state index in [1.165, 1.54) is 4.90 Å². The van der Waals surface area contributed by atoms with Gasteiger partial charge in [-0.3, -0.25) is 9.69 Å². The van der Waals surface area contributed by atoms with Gasteiger partial charge in [0.05, 0.1) is 20.9 Å². The van der Waals surface area contributed by atoms with Gasteiger partial charge in [0.25, 0.3) is 5.91 Å². The number of benzene rings is 2. The molecular weight excluding hydrogens is 382 g/mol. The molecule has 1 N–H and O–H groups in total. The lowest BCUT2D eigenvalue weighted by molar-refractivity contribution is -0.132. The lowest BCUT2D eigenvalue weighted by Crippen LogP contribution is -2.44. The van der Waals surface area contributed by atoms with Crippen molar-refractivity contribution in [1.29, 1.82) is 0 Å². The van der Waals surface area contributed by atoms with Gasteiger partial charge in [0, 0.05) is 12.6 Å². The zero-order valence-electron chi connectivity index (χ0n) is 17.6. The lowest BCUT2D eigenvalue weighted by Gasteiger charge is -2.27. The van der Waals surface area contributed by atoms with Crippen molar-refractivity contribution >= 4 is 11.9 Å². The van der Waals surface area contributed by atoms with Gasteiger partial charge in [0.1, 0.15) is 17.0 Å². The Kier molecular flexibility index (Phi) is 5.39. The van der Waals surface area contributed by atoms with E-state index in [4.69, 9.17) is 9.47 Å². The first-order chi connectivity index (χ1) is 14.4. The Hall–Kier alpha value is -3.06. The average Bonchev–Trinajstić information content (AvgIpc) is 3.58. The molecule has 1 aliphatic heterocycles. The quantitative estimate of drug-likeness (QED) is 0.679. The van der Waals surface area contributed by atoms with Crippen LogP contribution in [0.15, 0.2) is 48.5 Å². The van der Waals surface area contributed by atoms with Crippen LogP contribution in [0, 0.1) is 0 Å². The molecule has 0 radical (unpaired) electrons. The van der Waals surface area contributed by atoms with Crippen molar-refractivity contribution in [3.63, 3.8) is 0 Å². The molecule has 1 atom stereocenters. The van der Waals surface area contributed by atoms with Crippen molar-refractivity contribution < 1.29 is 19.1 Å². The van der Waals surface area contributed by atoms with Gasteiger partial charge >= 0.3 is 6.03 Å². The summed E-state index contributed by atoms with van der Waals surface area (Å²) in [5.74, 6) is 1.20. The van der Waals surface area contributed by atoms with Crippen LogP contribution in [0.3, 0.4) is 0 Å². The van der Waals surface area contributed by atoms with Crippen LogP contribution < -0.4 is 14.8 Å². The Bertz CT molecular complexity index is 942. The molecule has 4 rings (SSSR count). The third-order valence-corrected chi connectivity index (χ3v) is 5.85. The normalized spacial score (nSPS) is 21.1. The average molecular weight is 409 g/mol. The van der Waals surface area contributed by atoms with Gasteiger partial charge in [-0.25, -0.2) is 9.69 Å². The molecule has 0 spiro atoms. The fraction of sp³-hybridized carbons (Fsp3) is 0.391. The van der Waals surface area contributed by atoms with Crippen LogP contribution in [-0.4, -0.2) is 48.7 Å². The molecule has 30 heavy (non-hydrogen) atoms. The van der Waals surface area contributed by atoms with Gasteiger partial charge < -0.3 is 14.8 Å². The second kappa shape index (κ2) is 7.99. The maximum Gasteiger partial charge on any atom is 0.326 e. The summed E-state index contributed by atoms with van der Waals surface area (Å²) in [6, 6.07) is 15.2. The molecule has 158 valence electrons. The van der Waals surface area contributed by atoms with Crippen LogP contribution in [0.1, 0.15) is 30.9 Å². The molecule has 1 heterocycles. The first-order valence-electron chi connectivity index (χ1n) is 10.1. The number of hydrogen-bond acceptors (Lipinski definition) is 5. The van der Waals surface area contributed by atoms with Gasteiger partial charge in [-0.2, -0.15) is 0 Å². The van der Waals surface area contributed by atoms with Gasteiger partial charge in [0.2, 0.25) is 0 Å². The maximum atomic E-state index is 13.3. The molecule has 2 aromatic rings. The summed E-state index contributed by atoms with van der Waals surface area (Å²) < 4.78 is 10.5. The van der Waals surface area contributed by atoms with Crippen molar-refractivity contribution in [3.05, 3.63) is 59.7 Å². The monoisotopic (exact) mass is 409 g/mol. The Morgan fingerprint density at radius 3 is 2.40 bits per heavy atom. The summed E-state index contributed by atoms with van der Waals surface area (Å²) in [5, 5.41) is 2.88. The number of imide groups is 1. The number of methoxy groups -OCH3 is 2. The number of carbonyl (C=O) groups is 2. The third kappa shape index (κ3) is 3.85. The number of ether oxygens (including phenoxy) is 2. The molecule has 3 amide bonds. The van der Waals surface area contributed by atoms with E-state index in [2.05, 4.69) is 10.2 Å². The highest BCUT2D eigenvalue weighted by Gasteiger charge is 2.50. The third-order valence-electron chi connectivity index (χ3n) is 5.85. The van der Waals surface area contributed by atoms with Gasteiger partial charge in [-0.15, -0.1) is 0 Å². The molecule has 0 unspecified atom stereocenters. The van der Waals surface area contributed by atoms with E-state index in [-0.39, 0.29) is 18.6 Å². The molecule has 1 saturated carbocycles. The molecule has 0 bridgehead atoms. The van der Waals surface area contributed by atoms with E-state index in [1.54, 1.807) is 27.2 Å². The summed E-state index contributed by atoms with van der Waals surface area (Å²) in [4.78, 5) is 29.6. The minimum atomic E-state index is -1.11. The number of hydrogen-bond donors (Lipinski definition) is 1. The number of amides is 3. The molecule has 0 aromatic heterocycles. The molecule has 1 saturated heterocycles. The lowest BCUT2D eigenvalue weighted by atomic mass is 9.92. The number of urea groups is 1. The first-order valence-corrected chi connectivity index (χ1v) is 10.1. The molecule has 2 fully saturated rings. The molecular formula is C23H27N3O4. The Labute approximate surface area is 176 Å². The van der Waals surface area contributed by atoms with Gasteiger partial charge in [-0.05, 0) is 55.2 Å². The fourth-order valence-electron chi connectivity index (χ4n) is 3.84. The Morgan fingerprint density at radius 1 is 1.07 bits per heavy atom. The molecule has 2 aromatic carbocycles. The molecule has 7 nitrogen and oxygen atoms in total. The van der Waals surface area contributed by atoms with Crippen molar-refractivity contribution in [3.8, 4) is 11.5 Å². The minimum absolute atomic E-state index is 0.249. The van der Waals surface area contributed by atoms with E-state index in [1.807, 2.05) is 42.5 Å². The molecule has 1 aliphatic carbocycles. The van der Waals surface area contributed by atoms with E-state index in [9.17, 15) is 9.59 Å². The van der Waals surface area contributed by atoms with E-state index in [0.717, 1.165) is 24.2 Å². The van der Waals surface area contributed by atoms with Crippen LogP contribution in [0.2, 0.25) is 0 Å². The fourth-order valence-corrected chi connectivity index (χ4v) is 3.84. The van der Waals surface area contributed by atoms with Crippen molar-refractivity contribution in [2.24, 2.45) is 0 Å². The van der Waals surface area contributed by atoms with Gasteiger partial charge in [-0.1, -0.05) is 24.3 Å². The predicted molar refractivity (Wildman–Crippen MR) is 112 cm³/mol. The summed E-state index contributed by atoms with van der Waals surface area (Å²) in [7, 11) is 3.22. The summed E-state index contributed by atoms with van der Waals surface area (Å²) in [6.45, 7) is 2.68. The van der Waals surface area contributed by atoms with E-state index in [0.29, 0.717) is 23.9 Å². The van der Waals surface area contributed by atoms with Crippen LogP contribution in [0.5, 0.6) is 11.5 Å². The van der Waals surface area contributed by atoms with Gasteiger partial charge in [0.15, 0.2) is 0 Å². The summed E-state index contributed by atoms with van der Waals surface area (Å²) in [6.07, 6.45) is 2.15. The largest absolute Gasteiger partial charge is 0.497 e. The zero-order chi connectivity index (χ0) is 21.3. The Morgan fingerprint density at radius 2 is 1.77 bits per heavy atom. The molecule has 2 aliphatic rings. The van der Waals surface area contributed by atoms with Crippen LogP contribution in [-0.2, 0) is 16.9 Å². The number of rotatable bonds is 8. The Balaban J connectivity index is 1.52. The van der Waals surface area contributed by atoms with E-state index >= 15 is 0 Å². The highest BCUT2D eigenvalue weighted by molar-refractivity contribution is 6.07. The highest BCUT2D eigenvalue weighted by atomic mass is 16.5. The smallest absolute Gasteiger partial charge is 0.326 e. The summed E-state index contributed by atoms with van der Waals surface area (Å²) in [5.41, 5.74) is 0.710. The predicted octanol–water partition coefficient (Wildman–Crippen LogP) is 3.09. The second-order valence-corrected chi connectivity index (χ2v) is 7.99. The number of nitrogens with one attached hydrogen (secondary N) is 1. The zero-order valence-corrected chi connectivity index (χ0v) is 17.6. The standard InChI is InChI=1S/C23H27N3O4/c1-23(17-5-4-6-20(13-17)30-3)21(27)26(22(28)24-23)15-25(18-9-10-18)14-16-7-11-19(29-2)12-8-16/h4-8,11-13,18H,9-10,14-15H2,1-3H3,(H,24,28)/t23-/m1/s1. The van der Waals surface area contributed by atoms with Crippen molar-refractivity contribution in [1.82, 2.24) is 15.1 Å². The first kappa shape index (κ1) is 20.2. The topological polar surface area (TPSA) is 71.1 Å². The summed E-state index contributed by atoms with van der Waals surface area (Å²) >= 11 is 0. The van der Waals surface area contributed by atoms with Crippen molar-refractivity contribution in [2.75, 3.05) is 20.9 Å². The maximum absolute atomic E-state index is 13.3. The SMILES string of the molecule is COc1ccc(CN(CN2C(=O)N[C@](C)(c3cccc(OC)c3)C2=O)C2CC2)cc1. The highest BCUT2D eigenvalue weighted by Crippen LogP contribution is 2.33. The second-order valence-electron chi connectivity index (χ2n) is 7.99. The number of carbonyl (C=O) groups excluding carboxylic acids is 2. The van der Waals surface area contributed by atoms with Crippen LogP contribution in [0.25, 0.3) is 0 Å². The van der Waals surface area contributed by atoms with Crippen LogP contribution in [0.4, 0.5) is 4.79 Å². The molecule has 7 heteroatoms. The minimum Gasteiger partial charge on any atom is -0.497 e. The van der Waals surface area contributed by atoms with E-state index < -0.39 is 5.54 Å².